The fourth-order valence-electron chi connectivity index (χ4n) is 1.89. The van der Waals surface area contributed by atoms with E-state index in [0.29, 0.717) is 33.5 Å². The van der Waals surface area contributed by atoms with E-state index in [4.69, 9.17) is 26.8 Å². The number of amides is 1. The molecule has 1 amide bonds. The van der Waals surface area contributed by atoms with Crippen LogP contribution >= 0.6 is 11.6 Å². The van der Waals surface area contributed by atoms with Gasteiger partial charge in [0.1, 0.15) is 0 Å². The molecule has 0 radical (unpaired) electrons. The number of para-hydroxylation sites is 1. The lowest BCUT2D eigenvalue weighted by Gasteiger charge is -2.13. The molecule has 3 N–H and O–H groups in total. The standard InChI is InChI=1S/C15H15ClN2O3/c1-20-13-5-3-4-10(14(13)21-2)15(19)18-12-8-9(17)6-7-11(12)16/h3-8H,17H2,1-2H3,(H,18,19). The van der Waals surface area contributed by atoms with E-state index in [1.807, 2.05) is 0 Å². The summed E-state index contributed by atoms with van der Waals surface area (Å²) >= 11 is 6.03. The van der Waals surface area contributed by atoms with Gasteiger partial charge in [-0.3, -0.25) is 4.79 Å². The molecule has 0 aromatic heterocycles. The molecule has 0 unspecified atom stereocenters. The van der Waals surface area contributed by atoms with Gasteiger partial charge in [0.05, 0.1) is 30.5 Å². The number of nitrogen functional groups attached to an aromatic ring is 1. The normalized spacial score (nSPS) is 10.0. The highest BCUT2D eigenvalue weighted by Crippen LogP contribution is 2.32. The molecule has 0 spiro atoms. The Labute approximate surface area is 127 Å². The molecule has 0 saturated carbocycles. The van der Waals surface area contributed by atoms with Gasteiger partial charge in [0.2, 0.25) is 0 Å². The molecule has 0 fully saturated rings. The lowest BCUT2D eigenvalue weighted by Crippen LogP contribution is -2.14. The quantitative estimate of drug-likeness (QED) is 0.851. The monoisotopic (exact) mass is 306 g/mol. The molecule has 0 aliphatic carbocycles. The van der Waals surface area contributed by atoms with E-state index in [0.717, 1.165) is 0 Å². The van der Waals surface area contributed by atoms with Crippen LogP contribution in [0.5, 0.6) is 11.5 Å². The van der Waals surface area contributed by atoms with E-state index < -0.39 is 0 Å². The van der Waals surface area contributed by atoms with E-state index >= 15 is 0 Å². The lowest BCUT2D eigenvalue weighted by molar-refractivity contribution is 0.102. The number of rotatable bonds is 4. The highest BCUT2D eigenvalue weighted by molar-refractivity contribution is 6.34. The van der Waals surface area contributed by atoms with Gasteiger partial charge in [-0.2, -0.15) is 0 Å². The van der Waals surface area contributed by atoms with Crippen molar-refractivity contribution in [2.24, 2.45) is 0 Å². The van der Waals surface area contributed by atoms with Gasteiger partial charge < -0.3 is 20.5 Å². The SMILES string of the molecule is COc1cccc(C(=O)Nc2cc(N)ccc2Cl)c1OC. The van der Waals surface area contributed by atoms with Crippen LogP contribution in [0.2, 0.25) is 5.02 Å². The zero-order valence-electron chi connectivity index (χ0n) is 11.6. The molecule has 0 atom stereocenters. The largest absolute Gasteiger partial charge is 0.493 e. The molecule has 6 heteroatoms. The summed E-state index contributed by atoms with van der Waals surface area (Å²) in [6.45, 7) is 0. The number of hydrogen-bond donors (Lipinski definition) is 2. The Bertz CT molecular complexity index is 674. The fourth-order valence-corrected chi connectivity index (χ4v) is 2.06. The second kappa shape index (κ2) is 6.37. The molecule has 2 aromatic carbocycles. The summed E-state index contributed by atoms with van der Waals surface area (Å²) in [6, 6.07) is 9.92. The second-order valence-electron chi connectivity index (χ2n) is 4.23. The van der Waals surface area contributed by atoms with Crippen LogP contribution in [0.3, 0.4) is 0 Å². The number of carbonyl (C=O) groups excluding carboxylic acids is 1. The molecule has 0 aliphatic rings. The lowest BCUT2D eigenvalue weighted by atomic mass is 10.1. The Morgan fingerprint density at radius 1 is 1.19 bits per heavy atom. The first-order valence-corrected chi connectivity index (χ1v) is 6.52. The third-order valence-corrected chi connectivity index (χ3v) is 3.22. The van der Waals surface area contributed by atoms with Gasteiger partial charge in [-0.25, -0.2) is 0 Å². The maximum atomic E-state index is 12.4. The van der Waals surface area contributed by atoms with Gasteiger partial charge in [-0.1, -0.05) is 17.7 Å². The van der Waals surface area contributed by atoms with Crippen molar-refractivity contribution in [3.63, 3.8) is 0 Å². The van der Waals surface area contributed by atoms with Crippen LogP contribution in [0.15, 0.2) is 36.4 Å². The Morgan fingerprint density at radius 3 is 2.62 bits per heavy atom. The molecule has 2 aromatic rings. The molecule has 2 rings (SSSR count). The number of nitrogens with two attached hydrogens (primary N) is 1. The van der Waals surface area contributed by atoms with Gasteiger partial charge >= 0.3 is 0 Å². The highest BCUT2D eigenvalue weighted by atomic mass is 35.5. The van der Waals surface area contributed by atoms with Crippen molar-refractivity contribution < 1.29 is 14.3 Å². The number of anilines is 2. The van der Waals surface area contributed by atoms with Crippen LogP contribution in [0.1, 0.15) is 10.4 Å². The number of halogens is 1. The van der Waals surface area contributed by atoms with E-state index in [9.17, 15) is 4.79 Å². The minimum absolute atomic E-state index is 0.343. The smallest absolute Gasteiger partial charge is 0.259 e. The van der Waals surface area contributed by atoms with Crippen molar-refractivity contribution in [3.05, 3.63) is 47.0 Å². The van der Waals surface area contributed by atoms with Crippen molar-refractivity contribution in [2.45, 2.75) is 0 Å². The molecule has 0 aliphatic heterocycles. The topological polar surface area (TPSA) is 73.6 Å². The number of methoxy groups -OCH3 is 2. The summed E-state index contributed by atoms with van der Waals surface area (Å²) in [5, 5.41) is 3.11. The molecule has 21 heavy (non-hydrogen) atoms. The molecule has 110 valence electrons. The molecular formula is C15H15ClN2O3. The third kappa shape index (κ3) is 3.20. The van der Waals surface area contributed by atoms with Crippen LogP contribution in [-0.4, -0.2) is 20.1 Å². The van der Waals surface area contributed by atoms with Gasteiger partial charge in [-0.05, 0) is 30.3 Å². The first-order chi connectivity index (χ1) is 10.1. The van der Waals surface area contributed by atoms with Gasteiger partial charge in [0.15, 0.2) is 11.5 Å². The summed E-state index contributed by atoms with van der Waals surface area (Å²) in [7, 11) is 2.98. The van der Waals surface area contributed by atoms with Crippen LogP contribution in [0.25, 0.3) is 0 Å². The van der Waals surface area contributed by atoms with Crippen molar-refractivity contribution in [1.82, 2.24) is 0 Å². The molecular weight excluding hydrogens is 292 g/mol. The average molecular weight is 307 g/mol. The minimum Gasteiger partial charge on any atom is -0.493 e. The van der Waals surface area contributed by atoms with Gasteiger partial charge in [0, 0.05) is 5.69 Å². The third-order valence-electron chi connectivity index (χ3n) is 2.89. The predicted molar refractivity (Wildman–Crippen MR) is 83.4 cm³/mol. The van der Waals surface area contributed by atoms with Crippen LogP contribution in [0.4, 0.5) is 11.4 Å². The molecule has 0 heterocycles. The number of hydrogen-bond acceptors (Lipinski definition) is 4. The summed E-state index contributed by atoms with van der Waals surface area (Å²) in [5.41, 5.74) is 6.98. The molecule has 0 bridgehead atoms. The first-order valence-electron chi connectivity index (χ1n) is 6.14. The van der Waals surface area contributed by atoms with E-state index in [1.54, 1.807) is 36.4 Å². The highest BCUT2D eigenvalue weighted by Gasteiger charge is 2.17. The minimum atomic E-state index is -0.363. The zero-order chi connectivity index (χ0) is 15.4. The number of nitrogens with one attached hydrogen (secondary N) is 1. The average Bonchev–Trinajstić information content (AvgIpc) is 2.49. The van der Waals surface area contributed by atoms with Gasteiger partial charge in [-0.15, -0.1) is 0 Å². The number of ether oxygens (including phenoxy) is 2. The Hall–Kier alpha value is -2.40. The Balaban J connectivity index is 2.35. The van der Waals surface area contributed by atoms with E-state index in [-0.39, 0.29) is 5.91 Å². The Kier molecular flexibility index (Phi) is 4.55. The van der Waals surface area contributed by atoms with E-state index in [2.05, 4.69) is 5.32 Å². The van der Waals surface area contributed by atoms with Crippen molar-refractivity contribution in [3.8, 4) is 11.5 Å². The molecule has 0 saturated heterocycles. The zero-order valence-corrected chi connectivity index (χ0v) is 12.4. The number of carbonyl (C=O) groups is 1. The van der Waals surface area contributed by atoms with Crippen molar-refractivity contribution >= 4 is 28.9 Å². The van der Waals surface area contributed by atoms with Crippen molar-refractivity contribution in [1.29, 1.82) is 0 Å². The van der Waals surface area contributed by atoms with Crippen LogP contribution < -0.4 is 20.5 Å². The van der Waals surface area contributed by atoms with Crippen LogP contribution in [0, 0.1) is 0 Å². The predicted octanol–water partition coefficient (Wildman–Crippen LogP) is 3.19. The summed E-state index contributed by atoms with van der Waals surface area (Å²) in [5.74, 6) is 0.472. The maximum absolute atomic E-state index is 12.4. The van der Waals surface area contributed by atoms with E-state index in [1.165, 1.54) is 14.2 Å². The molecule has 5 nitrogen and oxygen atoms in total. The fraction of sp³-hybridized carbons (Fsp3) is 0.133. The van der Waals surface area contributed by atoms with Gasteiger partial charge in [0.25, 0.3) is 5.91 Å². The first kappa shape index (κ1) is 15.0. The van der Waals surface area contributed by atoms with Crippen LogP contribution in [-0.2, 0) is 0 Å². The van der Waals surface area contributed by atoms with Crippen molar-refractivity contribution in [2.75, 3.05) is 25.3 Å². The summed E-state index contributed by atoms with van der Waals surface area (Å²) in [6.07, 6.45) is 0. The Morgan fingerprint density at radius 2 is 1.95 bits per heavy atom. The summed E-state index contributed by atoms with van der Waals surface area (Å²) in [4.78, 5) is 12.4. The number of benzene rings is 2. The summed E-state index contributed by atoms with van der Waals surface area (Å²) < 4.78 is 10.4. The maximum Gasteiger partial charge on any atom is 0.259 e. The second-order valence-corrected chi connectivity index (χ2v) is 4.64.